The molecular weight excluding hydrogens is 386 g/mol. The topological polar surface area (TPSA) is 69.0 Å². The molecule has 0 spiro atoms. The van der Waals surface area contributed by atoms with Crippen LogP contribution < -0.4 is 15.0 Å². The lowest BCUT2D eigenvalue weighted by molar-refractivity contribution is -0.697. The van der Waals surface area contributed by atoms with E-state index in [0.717, 1.165) is 28.9 Å². The zero-order valence-electron chi connectivity index (χ0n) is 16.9. The smallest absolute Gasteiger partial charge is 0.217 e. The van der Waals surface area contributed by atoms with E-state index in [1.807, 2.05) is 42.9 Å². The summed E-state index contributed by atoms with van der Waals surface area (Å²) in [7, 11) is 5.76. The van der Waals surface area contributed by atoms with Crippen molar-refractivity contribution in [2.45, 2.75) is 17.5 Å². The van der Waals surface area contributed by atoms with E-state index in [2.05, 4.69) is 44.7 Å². The Hall–Kier alpha value is -2.55. The quantitative estimate of drug-likeness (QED) is 0.600. The lowest BCUT2D eigenvalue weighted by Crippen LogP contribution is -2.82. The molecule has 2 N–H and O–H groups in total. The Labute approximate surface area is 175 Å². The minimum Gasteiger partial charge on any atom is -0.497 e. The van der Waals surface area contributed by atoms with Gasteiger partial charge >= 0.3 is 0 Å². The van der Waals surface area contributed by atoms with Gasteiger partial charge in [-0.15, -0.1) is 10.2 Å². The van der Waals surface area contributed by atoms with Crippen molar-refractivity contribution in [1.29, 1.82) is 0 Å². The predicted octanol–water partition coefficient (Wildman–Crippen LogP) is 2.09. The Morgan fingerprint density at radius 1 is 1.24 bits per heavy atom. The van der Waals surface area contributed by atoms with Gasteiger partial charge in [0.2, 0.25) is 6.23 Å². The molecule has 0 unspecified atom stereocenters. The minimum absolute atomic E-state index is 0.0491. The molecule has 0 radical (unpaired) electrons. The van der Waals surface area contributed by atoms with Crippen LogP contribution in [0.4, 0.5) is 5.69 Å². The molecule has 1 aliphatic rings. The van der Waals surface area contributed by atoms with Gasteiger partial charge < -0.3 is 19.7 Å². The van der Waals surface area contributed by atoms with Gasteiger partial charge in [-0.2, -0.15) is 0 Å². The van der Waals surface area contributed by atoms with Gasteiger partial charge in [0.15, 0.2) is 5.16 Å². The highest BCUT2D eigenvalue weighted by Gasteiger charge is 2.30. The number of nitrogens with two attached hydrogens (primary N) is 1. The third-order valence-electron chi connectivity index (χ3n) is 4.94. The van der Waals surface area contributed by atoms with Crippen molar-refractivity contribution in [2.75, 3.05) is 38.4 Å². The fourth-order valence-corrected chi connectivity index (χ4v) is 4.25. The van der Waals surface area contributed by atoms with Crippen molar-refractivity contribution >= 4 is 17.4 Å². The summed E-state index contributed by atoms with van der Waals surface area (Å²) in [5.74, 6) is 1.63. The molecule has 0 saturated carbocycles. The molecule has 29 heavy (non-hydrogen) atoms. The molecule has 1 fully saturated rings. The van der Waals surface area contributed by atoms with Crippen LogP contribution in [0, 0.1) is 0 Å². The van der Waals surface area contributed by atoms with Crippen LogP contribution in [0.5, 0.6) is 5.75 Å². The first-order valence-electron chi connectivity index (χ1n) is 9.57. The molecule has 4 rings (SSSR count). The first kappa shape index (κ1) is 19.8. The summed E-state index contributed by atoms with van der Waals surface area (Å²) in [6.45, 7) is 0.931. The van der Waals surface area contributed by atoms with Crippen LogP contribution in [0.15, 0.2) is 60.0 Å². The van der Waals surface area contributed by atoms with E-state index in [0.29, 0.717) is 0 Å². The molecule has 7 nitrogen and oxygen atoms in total. The van der Waals surface area contributed by atoms with Gasteiger partial charge in [-0.25, -0.2) is 0 Å². The van der Waals surface area contributed by atoms with E-state index in [4.69, 9.17) is 9.47 Å². The van der Waals surface area contributed by atoms with E-state index in [1.165, 1.54) is 11.3 Å². The van der Waals surface area contributed by atoms with E-state index in [-0.39, 0.29) is 12.3 Å². The maximum atomic E-state index is 6.26. The van der Waals surface area contributed by atoms with E-state index < -0.39 is 0 Å². The molecule has 0 bridgehead atoms. The average Bonchev–Trinajstić information content (AvgIpc) is 3.42. The Balaban J connectivity index is 1.37. The maximum Gasteiger partial charge on any atom is 0.217 e. The van der Waals surface area contributed by atoms with Gasteiger partial charge in [-0.05, 0) is 36.4 Å². The van der Waals surface area contributed by atoms with Gasteiger partial charge in [0.05, 0.1) is 12.8 Å². The fourth-order valence-electron chi connectivity index (χ4n) is 3.31. The molecule has 1 aromatic heterocycles. The number of rotatable bonds is 7. The molecule has 2 atom stereocenters. The van der Waals surface area contributed by atoms with Crippen LogP contribution in [-0.2, 0) is 4.74 Å². The monoisotopic (exact) mass is 412 g/mol. The number of aromatic nitrogens is 3. The number of methoxy groups -OCH3 is 1. The third kappa shape index (κ3) is 4.55. The largest absolute Gasteiger partial charge is 0.497 e. The molecule has 2 heterocycles. The van der Waals surface area contributed by atoms with Crippen molar-refractivity contribution in [1.82, 2.24) is 14.8 Å². The molecule has 1 saturated heterocycles. The predicted molar refractivity (Wildman–Crippen MR) is 114 cm³/mol. The standard InChI is InChI=1S/C21H25N5O2S/c1-25(2)16-9-7-15(8-10-16)20-22-12-19(28-20)13-29-21-24-23-14-26(21)17-5-4-6-18(11-17)27-3/h4-11,14,19-20,22H,12-13H2,1-3H3/p+1/t19-,20+/m0/s1. The normalized spacial score (nSPS) is 18.7. The number of quaternary nitrogens is 1. The van der Waals surface area contributed by atoms with E-state index >= 15 is 0 Å². The average molecular weight is 413 g/mol. The second-order valence-corrected chi connectivity index (χ2v) is 8.12. The van der Waals surface area contributed by atoms with Gasteiger partial charge in [-0.3, -0.25) is 4.57 Å². The molecular formula is C21H26N5O2S+. The molecule has 3 aromatic rings. The molecule has 152 valence electrons. The first-order valence-corrected chi connectivity index (χ1v) is 10.6. The lowest BCUT2D eigenvalue weighted by Gasteiger charge is -2.14. The Morgan fingerprint density at radius 3 is 2.83 bits per heavy atom. The maximum absolute atomic E-state index is 6.26. The summed E-state index contributed by atoms with van der Waals surface area (Å²) in [5, 5.41) is 11.5. The Morgan fingerprint density at radius 2 is 2.07 bits per heavy atom. The second-order valence-electron chi connectivity index (χ2n) is 7.13. The van der Waals surface area contributed by atoms with Crippen molar-refractivity contribution in [3.05, 3.63) is 60.4 Å². The SMILES string of the molecule is COc1cccc(-n2cnnc2SC[C@@H]2C[NH2+][C@@H](c3ccc(N(C)C)cc3)O2)c1. The molecule has 1 aliphatic heterocycles. The number of ether oxygens (including phenoxy) is 2. The van der Waals surface area contributed by atoms with E-state index in [9.17, 15) is 0 Å². The van der Waals surface area contributed by atoms with Crippen molar-refractivity contribution < 1.29 is 14.8 Å². The van der Waals surface area contributed by atoms with Crippen molar-refractivity contribution in [2.24, 2.45) is 0 Å². The van der Waals surface area contributed by atoms with Crippen LogP contribution in [0.3, 0.4) is 0 Å². The van der Waals surface area contributed by atoms with Crippen LogP contribution in [-0.4, -0.2) is 54.4 Å². The van der Waals surface area contributed by atoms with Gasteiger partial charge in [0.25, 0.3) is 0 Å². The van der Waals surface area contributed by atoms with Gasteiger partial charge in [0.1, 0.15) is 24.7 Å². The minimum atomic E-state index is 0.0491. The highest BCUT2D eigenvalue weighted by molar-refractivity contribution is 7.99. The third-order valence-corrected chi connectivity index (χ3v) is 6.01. The highest BCUT2D eigenvalue weighted by atomic mass is 32.2. The van der Waals surface area contributed by atoms with Crippen LogP contribution in [0.25, 0.3) is 5.69 Å². The number of nitrogens with zero attached hydrogens (tertiary/aromatic N) is 4. The zero-order chi connectivity index (χ0) is 20.2. The van der Waals surface area contributed by atoms with Gasteiger partial charge in [0, 0.05) is 37.2 Å². The first-order chi connectivity index (χ1) is 14.1. The van der Waals surface area contributed by atoms with Crippen LogP contribution in [0.1, 0.15) is 11.8 Å². The number of hydrogen-bond donors (Lipinski definition) is 1. The van der Waals surface area contributed by atoms with E-state index in [1.54, 1.807) is 25.2 Å². The second kappa shape index (κ2) is 8.86. The summed E-state index contributed by atoms with van der Waals surface area (Å²) in [4.78, 5) is 2.10. The fraction of sp³-hybridized carbons (Fsp3) is 0.333. The zero-order valence-corrected chi connectivity index (χ0v) is 17.7. The molecule has 8 heteroatoms. The number of hydrogen-bond acceptors (Lipinski definition) is 6. The molecule has 0 amide bonds. The van der Waals surface area contributed by atoms with Crippen molar-refractivity contribution in [3.63, 3.8) is 0 Å². The van der Waals surface area contributed by atoms with Crippen LogP contribution >= 0.6 is 11.8 Å². The summed E-state index contributed by atoms with van der Waals surface area (Å²) in [6, 6.07) is 16.4. The summed E-state index contributed by atoms with van der Waals surface area (Å²) in [5.41, 5.74) is 3.37. The van der Waals surface area contributed by atoms with Crippen LogP contribution in [0.2, 0.25) is 0 Å². The molecule has 0 aliphatic carbocycles. The summed E-state index contributed by atoms with van der Waals surface area (Å²) in [6.07, 6.45) is 1.94. The molecule has 2 aromatic carbocycles. The highest BCUT2D eigenvalue weighted by Crippen LogP contribution is 2.26. The summed E-state index contributed by atoms with van der Waals surface area (Å²) >= 11 is 1.66. The van der Waals surface area contributed by atoms with Gasteiger partial charge in [-0.1, -0.05) is 17.8 Å². The Bertz CT molecular complexity index is 944. The van der Waals surface area contributed by atoms with Crippen molar-refractivity contribution in [3.8, 4) is 11.4 Å². The summed E-state index contributed by atoms with van der Waals surface area (Å²) < 4.78 is 13.6. The Kier molecular flexibility index (Phi) is 6.03. The number of anilines is 1. The number of benzene rings is 2. The number of thioether (sulfide) groups is 1. The lowest BCUT2D eigenvalue weighted by atomic mass is 10.2.